The van der Waals surface area contributed by atoms with E-state index in [1.165, 1.54) is 25.7 Å². The zero-order valence-electron chi connectivity index (χ0n) is 11.0. The molecule has 0 spiro atoms. The number of rotatable bonds is 4. The molecule has 1 aliphatic heterocycles. The van der Waals surface area contributed by atoms with Crippen LogP contribution < -0.4 is 5.32 Å². The molecule has 0 aromatic heterocycles. The highest BCUT2D eigenvalue weighted by atomic mass is 16.2. The van der Waals surface area contributed by atoms with Gasteiger partial charge >= 0.3 is 0 Å². The summed E-state index contributed by atoms with van der Waals surface area (Å²) in [4.78, 5) is 16.2. The monoisotopic (exact) mass is 249 g/mol. The first-order chi connectivity index (χ1) is 8.79. The molecule has 100 valence electrons. The van der Waals surface area contributed by atoms with Gasteiger partial charge < -0.3 is 10.2 Å². The average molecular weight is 249 g/mol. The summed E-state index contributed by atoms with van der Waals surface area (Å²) < 4.78 is 0. The maximum absolute atomic E-state index is 12.0. The topological polar surface area (TPSA) is 35.6 Å². The van der Waals surface area contributed by atoms with Gasteiger partial charge in [-0.3, -0.25) is 9.69 Å². The molecule has 1 heterocycles. The number of hydrogen-bond donors (Lipinski definition) is 1. The fraction of sp³-hybridized carbons (Fsp3) is 0.786. The van der Waals surface area contributed by atoms with Crippen LogP contribution in [-0.4, -0.2) is 61.0 Å². The molecule has 0 radical (unpaired) electrons. The molecule has 0 atom stereocenters. The molecule has 1 saturated carbocycles. The first-order valence-corrected chi connectivity index (χ1v) is 6.96. The first-order valence-electron chi connectivity index (χ1n) is 6.96. The molecule has 4 heteroatoms. The van der Waals surface area contributed by atoms with Crippen molar-refractivity contribution in [3.8, 4) is 12.3 Å². The van der Waals surface area contributed by atoms with Crippen molar-refractivity contribution in [2.75, 3.05) is 39.3 Å². The Hall–Kier alpha value is -1.05. The fourth-order valence-electron chi connectivity index (χ4n) is 2.76. The summed E-state index contributed by atoms with van der Waals surface area (Å²) in [5.41, 5.74) is 0. The van der Waals surface area contributed by atoms with Crippen LogP contribution in [0.25, 0.3) is 0 Å². The largest absolute Gasteiger partial charge is 0.339 e. The van der Waals surface area contributed by atoms with Crippen molar-refractivity contribution in [3.05, 3.63) is 0 Å². The summed E-state index contributed by atoms with van der Waals surface area (Å²) >= 11 is 0. The third-order valence-corrected chi connectivity index (χ3v) is 3.94. The third-order valence-electron chi connectivity index (χ3n) is 3.94. The lowest BCUT2D eigenvalue weighted by atomic mass is 10.2. The van der Waals surface area contributed by atoms with Crippen LogP contribution in [0, 0.1) is 12.3 Å². The quantitative estimate of drug-likeness (QED) is 0.728. The Morgan fingerprint density at radius 1 is 1.22 bits per heavy atom. The molecule has 2 aliphatic rings. The molecular weight excluding hydrogens is 226 g/mol. The Balaban J connectivity index is 1.65. The Morgan fingerprint density at radius 2 is 1.89 bits per heavy atom. The Kier molecular flexibility index (Phi) is 5.03. The number of piperazine rings is 1. The number of carbonyl (C=O) groups is 1. The van der Waals surface area contributed by atoms with Gasteiger partial charge in [-0.2, -0.15) is 0 Å². The van der Waals surface area contributed by atoms with Crippen LogP contribution in [0.3, 0.4) is 0 Å². The van der Waals surface area contributed by atoms with E-state index >= 15 is 0 Å². The van der Waals surface area contributed by atoms with E-state index in [-0.39, 0.29) is 5.91 Å². The van der Waals surface area contributed by atoms with Crippen molar-refractivity contribution >= 4 is 5.91 Å². The van der Waals surface area contributed by atoms with Crippen molar-refractivity contribution in [1.29, 1.82) is 0 Å². The highest BCUT2D eigenvalue weighted by molar-refractivity contribution is 5.78. The van der Waals surface area contributed by atoms with E-state index < -0.39 is 0 Å². The molecule has 1 aliphatic carbocycles. The lowest BCUT2D eigenvalue weighted by Gasteiger charge is -2.34. The van der Waals surface area contributed by atoms with Gasteiger partial charge in [-0.05, 0) is 12.8 Å². The SMILES string of the molecule is C#CCN1CCN(C(=O)CNC2CCCC2)CC1. The van der Waals surface area contributed by atoms with Gasteiger partial charge in [0.15, 0.2) is 0 Å². The molecular formula is C14H23N3O. The van der Waals surface area contributed by atoms with Gasteiger partial charge in [-0.15, -0.1) is 6.42 Å². The summed E-state index contributed by atoms with van der Waals surface area (Å²) in [7, 11) is 0. The van der Waals surface area contributed by atoms with E-state index in [0.29, 0.717) is 19.1 Å². The van der Waals surface area contributed by atoms with Crippen LogP contribution in [0.4, 0.5) is 0 Å². The van der Waals surface area contributed by atoms with E-state index in [9.17, 15) is 4.79 Å². The summed E-state index contributed by atoms with van der Waals surface area (Å²) in [6.45, 7) is 4.63. The van der Waals surface area contributed by atoms with Crippen molar-refractivity contribution in [2.45, 2.75) is 31.7 Å². The molecule has 18 heavy (non-hydrogen) atoms. The Labute approximate surface area is 110 Å². The van der Waals surface area contributed by atoms with Gasteiger partial charge in [0.25, 0.3) is 0 Å². The maximum Gasteiger partial charge on any atom is 0.236 e. The van der Waals surface area contributed by atoms with Crippen LogP contribution in [-0.2, 0) is 4.79 Å². The lowest BCUT2D eigenvalue weighted by Crippen LogP contribution is -2.51. The summed E-state index contributed by atoms with van der Waals surface area (Å²) in [5, 5.41) is 3.38. The summed E-state index contributed by atoms with van der Waals surface area (Å²) in [5.74, 6) is 2.89. The van der Waals surface area contributed by atoms with Crippen molar-refractivity contribution < 1.29 is 4.79 Å². The molecule has 1 amide bonds. The van der Waals surface area contributed by atoms with E-state index in [1.54, 1.807) is 0 Å². The second kappa shape index (κ2) is 6.77. The first kappa shape index (κ1) is 13.4. The minimum atomic E-state index is 0.238. The van der Waals surface area contributed by atoms with Crippen LogP contribution in [0.5, 0.6) is 0 Å². The summed E-state index contributed by atoms with van der Waals surface area (Å²) in [6, 6.07) is 0.566. The maximum atomic E-state index is 12.0. The highest BCUT2D eigenvalue weighted by Gasteiger charge is 2.21. The van der Waals surface area contributed by atoms with Crippen LogP contribution >= 0.6 is 0 Å². The molecule has 0 aromatic rings. The summed E-state index contributed by atoms with van der Waals surface area (Å²) in [6.07, 6.45) is 10.3. The molecule has 2 rings (SSSR count). The second-order valence-corrected chi connectivity index (χ2v) is 5.22. The van der Waals surface area contributed by atoms with E-state index in [4.69, 9.17) is 6.42 Å². The minimum Gasteiger partial charge on any atom is -0.339 e. The van der Waals surface area contributed by atoms with Crippen molar-refractivity contribution in [3.63, 3.8) is 0 Å². The van der Waals surface area contributed by atoms with Gasteiger partial charge in [0.05, 0.1) is 13.1 Å². The predicted molar refractivity (Wildman–Crippen MR) is 72.1 cm³/mol. The standard InChI is InChI=1S/C14H23N3O/c1-2-7-16-8-10-17(11-9-16)14(18)12-15-13-5-3-4-6-13/h1,13,15H,3-12H2. The van der Waals surface area contributed by atoms with E-state index in [2.05, 4.69) is 16.1 Å². The smallest absolute Gasteiger partial charge is 0.236 e. The van der Waals surface area contributed by atoms with Gasteiger partial charge in [-0.25, -0.2) is 0 Å². The normalized spacial score (nSPS) is 22.1. The van der Waals surface area contributed by atoms with Crippen molar-refractivity contribution in [1.82, 2.24) is 15.1 Å². The average Bonchev–Trinajstić information content (AvgIpc) is 2.90. The number of nitrogens with one attached hydrogen (secondary N) is 1. The van der Waals surface area contributed by atoms with Gasteiger partial charge in [0.1, 0.15) is 0 Å². The van der Waals surface area contributed by atoms with E-state index in [0.717, 1.165) is 26.2 Å². The number of carbonyl (C=O) groups excluding carboxylic acids is 1. The third kappa shape index (κ3) is 3.72. The van der Waals surface area contributed by atoms with Crippen molar-refractivity contribution in [2.24, 2.45) is 0 Å². The number of terminal acetylenes is 1. The predicted octanol–water partition coefficient (Wildman–Crippen LogP) is 0.296. The van der Waals surface area contributed by atoms with Crippen LogP contribution in [0.2, 0.25) is 0 Å². The molecule has 0 bridgehead atoms. The van der Waals surface area contributed by atoms with Crippen LogP contribution in [0.1, 0.15) is 25.7 Å². The minimum absolute atomic E-state index is 0.238. The Bertz CT molecular complexity index is 309. The molecule has 4 nitrogen and oxygen atoms in total. The van der Waals surface area contributed by atoms with Crippen LogP contribution in [0.15, 0.2) is 0 Å². The molecule has 0 aromatic carbocycles. The molecule has 1 N–H and O–H groups in total. The number of amides is 1. The number of nitrogens with zero attached hydrogens (tertiary/aromatic N) is 2. The number of hydrogen-bond acceptors (Lipinski definition) is 3. The molecule has 0 unspecified atom stereocenters. The van der Waals surface area contributed by atoms with Gasteiger partial charge in [0, 0.05) is 32.2 Å². The van der Waals surface area contributed by atoms with Gasteiger partial charge in [0.2, 0.25) is 5.91 Å². The lowest BCUT2D eigenvalue weighted by molar-refractivity contribution is -0.132. The zero-order valence-corrected chi connectivity index (χ0v) is 11.0. The molecule has 2 fully saturated rings. The second-order valence-electron chi connectivity index (χ2n) is 5.22. The van der Waals surface area contributed by atoms with Gasteiger partial charge in [-0.1, -0.05) is 18.8 Å². The highest BCUT2D eigenvalue weighted by Crippen LogP contribution is 2.17. The van der Waals surface area contributed by atoms with E-state index in [1.807, 2.05) is 4.90 Å². The molecule has 1 saturated heterocycles. The fourth-order valence-corrected chi connectivity index (χ4v) is 2.76. The Morgan fingerprint density at radius 3 is 2.50 bits per heavy atom. The zero-order chi connectivity index (χ0) is 12.8.